The van der Waals surface area contributed by atoms with Gasteiger partial charge in [0.2, 0.25) is 5.91 Å². The molecule has 2 N–H and O–H groups in total. The van der Waals surface area contributed by atoms with Crippen LogP contribution in [0.4, 0.5) is 23.7 Å². The SMILES string of the molecule is CC1(C)C(=O)N(c2ccc(C(F)(F)F)cc2S)C(=O)N1Cc1ccnc(C2(C(N)=O)CC2)c1. The molecule has 174 valence electrons. The fraction of sp³-hybridized carbons (Fsp3) is 0.364. The van der Waals surface area contributed by atoms with Crippen LogP contribution in [0.25, 0.3) is 0 Å². The van der Waals surface area contributed by atoms with Crippen LogP contribution in [0.15, 0.2) is 41.4 Å². The van der Waals surface area contributed by atoms with E-state index >= 15 is 0 Å². The second-order valence-corrected chi connectivity index (χ2v) is 9.25. The molecule has 7 nitrogen and oxygen atoms in total. The van der Waals surface area contributed by atoms with E-state index in [1.807, 2.05) is 0 Å². The predicted octanol–water partition coefficient (Wildman–Crippen LogP) is 3.65. The van der Waals surface area contributed by atoms with Crippen LogP contribution in [0.2, 0.25) is 0 Å². The van der Waals surface area contributed by atoms with Crippen molar-refractivity contribution in [2.75, 3.05) is 4.90 Å². The highest BCUT2D eigenvalue weighted by molar-refractivity contribution is 7.80. The summed E-state index contributed by atoms with van der Waals surface area (Å²) in [5.41, 5.74) is 3.64. The molecule has 2 heterocycles. The molecule has 1 aliphatic carbocycles. The highest BCUT2D eigenvalue weighted by Crippen LogP contribution is 2.47. The van der Waals surface area contributed by atoms with Gasteiger partial charge in [-0.1, -0.05) is 0 Å². The molecule has 1 aliphatic heterocycles. The van der Waals surface area contributed by atoms with Crippen LogP contribution >= 0.6 is 12.6 Å². The highest BCUT2D eigenvalue weighted by atomic mass is 32.1. The monoisotopic (exact) mass is 478 g/mol. The van der Waals surface area contributed by atoms with Gasteiger partial charge in [0, 0.05) is 17.6 Å². The standard InChI is InChI=1S/C22H21F3N4O3S/c1-20(2)18(31)29(14-4-3-13(10-15(14)33)22(23,24)25)19(32)28(20)11-12-5-8-27-16(9-12)21(6-7-21)17(26)30/h3-5,8-10,33H,6-7,11H2,1-2H3,(H2,26,30). The summed E-state index contributed by atoms with van der Waals surface area (Å²) < 4.78 is 39.0. The number of pyridine rings is 1. The Morgan fingerprint density at radius 1 is 1.18 bits per heavy atom. The van der Waals surface area contributed by atoms with Gasteiger partial charge in [-0.2, -0.15) is 13.2 Å². The van der Waals surface area contributed by atoms with Crippen molar-refractivity contribution in [3.05, 3.63) is 53.3 Å². The van der Waals surface area contributed by atoms with Gasteiger partial charge in [0.05, 0.1) is 22.4 Å². The van der Waals surface area contributed by atoms with Gasteiger partial charge in [0.1, 0.15) is 5.54 Å². The minimum Gasteiger partial charge on any atom is -0.369 e. The number of imide groups is 1. The van der Waals surface area contributed by atoms with Crippen LogP contribution in [0.1, 0.15) is 43.5 Å². The maximum absolute atomic E-state index is 13.3. The second kappa shape index (κ2) is 7.47. The van der Waals surface area contributed by atoms with E-state index in [1.54, 1.807) is 26.0 Å². The number of thiol groups is 1. The Bertz CT molecular complexity index is 1180. The number of halogens is 3. The lowest BCUT2D eigenvalue weighted by atomic mass is 9.98. The van der Waals surface area contributed by atoms with Crippen molar-refractivity contribution >= 4 is 36.2 Å². The molecular formula is C22H21F3N4O3S. The molecule has 1 aromatic heterocycles. The lowest BCUT2D eigenvalue weighted by molar-refractivity contribution is -0.137. The normalized spacial score (nSPS) is 19.2. The second-order valence-electron chi connectivity index (χ2n) is 8.77. The number of carbonyl (C=O) groups excluding carboxylic acids is 3. The summed E-state index contributed by atoms with van der Waals surface area (Å²) in [6.07, 6.45) is -1.87. The molecule has 4 amide bonds. The fourth-order valence-electron chi connectivity index (χ4n) is 3.97. The first-order valence-electron chi connectivity index (χ1n) is 10.1. The van der Waals surface area contributed by atoms with Gasteiger partial charge in [-0.25, -0.2) is 9.69 Å². The Balaban J connectivity index is 1.65. The molecule has 0 spiro atoms. The highest BCUT2D eigenvalue weighted by Gasteiger charge is 2.53. The number of nitrogens with two attached hydrogens (primary N) is 1. The summed E-state index contributed by atoms with van der Waals surface area (Å²) in [4.78, 5) is 44.5. The summed E-state index contributed by atoms with van der Waals surface area (Å²) in [5.74, 6) is -1.05. The van der Waals surface area contributed by atoms with Crippen LogP contribution in [0.5, 0.6) is 0 Å². The van der Waals surface area contributed by atoms with E-state index in [-0.39, 0.29) is 17.1 Å². The lowest BCUT2D eigenvalue weighted by Crippen LogP contribution is -2.43. The van der Waals surface area contributed by atoms with Gasteiger partial charge >= 0.3 is 12.2 Å². The summed E-state index contributed by atoms with van der Waals surface area (Å²) >= 11 is 4.10. The van der Waals surface area contributed by atoms with Gasteiger partial charge in [-0.05, 0) is 62.6 Å². The molecule has 33 heavy (non-hydrogen) atoms. The van der Waals surface area contributed by atoms with E-state index in [0.717, 1.165) is 23.1 Å². The number of benzene rings is 1. The van der Waals surface area contributed by atoms with Crippen molar-refractivity contribution in [2.24, 2.45) is 5.73 Å². The molecule has 2 aliphatic rings. The number of amides is 4. The molecule has 4 rings (SSSR count). The summed E-state index contributed by atoms with van der Waals surface area (Å²) in [7, 11) is 0. The molecule has 1 saturated heterocycles. The number of urea groups is 1. The molecule has 0 atom stereocenters. The van der Waals surface area contributed by atoms with Gasteiger partial charge in [0.15, 0.2) is 0 Å². The van der Waals surface area contributed by atoms with Crippen LogP contribution in [0.3, 0.4) is 0 Å². The van der Waals surface area contributed by atoms with E-state index in [1.165, 1.54) is 11.1 Å². The smallest absolute Gasteiger partial charge is 0.369 e. The van der Waals surface area contributed by atoms with Crippen LogP contribution in [-0.4, -0.2) is 33.3 Å². The van der Waals surface area contributed by atoms with Crippen molar-refractivity contribution < 1.29 is 27.6 Å². The average molecular weight is 478 g/mol. The van der Waals surface area contributed by atoms with E-state index in [4.69, 9.17) is 5.73 Å². The Kier molecular flexibility index (Phi) is 5.23. The average Bonchev–Trinajstić information content (AvgIpc) is 3.52. The number of hydrogen-bond donors (Lipinski definition) is 2. The Hall–Kier alpha value is -3.08. The minimum atomic E-state index is -4.58. The van der Waals surface area contributed by atoms with Gasteiger partial charge in [0.25, 0.3) is 5.91 Å². The molecule has 1 aromatic carbocycles. The first-order chi connectivity index (χ1) is 15.3. The van der Waals surface area contributed by atoms with E-state index in [9.17, 15) is 27.6 Å². The molecule has 1 saturated carbocycles. The number of alkyl halides is 3. The number of carbonyl (C=O) groups is 3. The quantitative estimate of drug-likeness (QED) is 0.507. The molecular weight excluding hydrogens is 457 g/mol. The summed E-state index contributed by atoms with van der Waals surface area (Å²) in [6.45, 7) is 3.15. The zero-order valence-corrected chi connectivity index (χ0v) is 18.7. The third-order valence-electron chi connectivity index (χ3n) is 6.24. The molecule has 2 fully saturated rings. The number of rotatable bonds is 5. The van der Waals surface area contributed by atoms with Gasteiger partial charge in [-0.15, -0.1) is 12.6 Å². The largest absolute Gasteiger partial charge is 0.416 e. The number of anilines is 1. The van der Waals surface area contributed by atoms with E-state index < -0.39 is 40.5 Å². The zero-order chi connectivity index (χ0) is 24.3. The Morgan fingerprint density at radius 2 is 1.85 bits per heavy atom. The number of primary amides is 1. The minimum absolute atomic E-state index is 0.0287. The van der Waals surface area contributed by atoms with Gasteiger partial charge < -0.3 is 10.6 Å². The molecule has 0 radical (unpaired) electrons. The molecule has 11 heteroatoms. The fourth-order valence-corrected chi connectivity index (χ4v) is 4.29. The van der Waals surface area contributed by atoms with E-state index in [0.29, 0.717) is 24.1 Å². The first kappa shape index (κ1) is 23.1. The predicted molar refractivity (Wildman–Crippen MR) is 116 cm³/mol. The van der Waals surface area contributed by atoms with Crippen molar-refractivity contribution in [2.45, 2.75) is 55.3 Å². The van der Waals surface area contributed by atoms with Crippen LogP contribution < -0.4 is 10.6 Å². The molecule has 0 unspecified atom stereocenters. The topological polar surface area (TPSA) is 96.6 Å². The van der Waals surface area contributed by atoms with Gasteiger partial charge in [-0.3, -0.25) is 14.6 Å². The molecule has 0 bridgehead atoms. The van der Waals surface area contributed by atoms with E-state index in [2.05, 4.69) is 17.6 Å². The Labute approximate surface area is 193 Å². The number of nitrogens with zero attached hydrogens (tertiary/aromatic N) is 3. The third-order valence-corrected chi connectivity index (χ3v) is 6.60. The van der Waals surface area contributed by atoms with Crippen molar-refractivity contribution in [3.63, 3.8) is 0 Å². The van der Waals surface area contributed by atoms with Crippen molar-refractivity contribution in [1.82, 2.24) is 9.88 Å². The third kappa shape index (κ3) is 3.73. The first-order valence-corrected chi connectivity index (χ1v) is 10.6. The zero-order valence-electron chi connectivity index (χ0n) is 17.8. The van der Waals surface area contributed by atoms with Crippen LogP contribution in [-0.2, 0) is 27.7 Å². The van der Waals surface area contributed by atoms with Crippen LogP contribution in [0, 0.1) is 0 Å². The van der Waals surface area contributed by atoms with Crippen molar-refractivity contribution in [1.29, 1.82) is 0 Å². The maximum atomic E-state index is 13.3. The van der Waals surface area contributed by atoms with Crippen molar-refractivity contribution in [3.8, 4) is 0 Å². The lowest BCUT2D eigenvalue weighted by Gasteiger charge is -2.28. The summed E-state index contributed by atoms with van der Waals surface area (Å²) in [5, 5.41) is 0. The number of hydrogen-bond acceptors (Lipinski definition) is 5. The number of aromatic nitrogens is 1. The summed E-state index contributed by atoms with van der Waals surface area (Å²) in [6, 6.07) is 5.32. The molecule has 2 aromatic rings. The maximum Gasteiger partial charge on any atom is 0.416 e. The Morgan fingerprint density at radius 3 is 2.39 bits per heavy atom.